The van der Waals surface area contributed by atoms with E-state index in [0.717, 1.165) is 29.3 Å². The lowest BCUT2D eigenvalue weighted by Gasteiger charge is -2.04. The van der Waals surface area contributed by atoms with E-state index in [1.54, 1.807) is 0 Å². The standard InChI is InChI=1S/C20H15N5/c21-12-15-6-8-17(9-7-15)18-14-23-20-11-10-19(24-25(18)20)22-13-16-4-2-1-3-5-16/h1-11,14H,13H2,(H,22,24)/p+1. The van der Waals surface area contributed by atoms with Gasteiger partial charge in [-0.2, -0.15) is 5.26 Å². The summed E-state index contributed by atoms with van der Waals surface area (Å²) in [5.74, 6) is 0.802. The molecule has 0 aliphatic heterocycles. The van der Waals surface area contributed by atoms with Gasteiger partial charge in [0.2, 0.25) is 5.69 Å². The molecule has 25 heavy (non-hydrogen) atoms. The van der Waals surface area contributed by atoms with E-state index >= 15 is 0 Å². The van der Waals surface area contributed by atoms with Crippen molar-refractivity contribution in [3.63, 3.8) is 0 Å². The Bertz CT molecular complexity index is 1040. The molecular weight excluding hydrogens is 310 g/mol. The van der Waals surface area contributed by atoms with Crippen molar-refractivity contribution in [3.05, 3.63) is 84.1 Å². The Morgan fingerprint density at radius 3 is 2.56 bits per heavy atom. The van der Waals surface area contributed by atoms with E-state index in [0.29, 0.717) is 5.56 Å². The molecule has 0 bridgehead atoms. The van der Waals surface area contributed by atoms with Gasteiger partial charge in [0.05, 0.1) is 11.6 Å². The average molecular weight is 326 g/mol. The second-order valence-electron chi connectivity index (χ2n) is 5.72. The van der Waals surface area contributed by atoms with Gasteiger partial charge in [-0.1, -0.05) is 39.9 Å². The number of benzene rings is 2. The van der Waals surface area contributed by atoms with E-state index in [9.17, 15) is 0 Å². The first-order valence-electron chi connectivity index (χ1n) is 8.02. The lowest BCUT2D eigenvalue weighted by Crippen LogP contribution is -2.06. The minimum absolute atomic E-state index is 0.645. The lowest BCUT2D eigenvalue weighted by atomic mass is 10.1. The molecule has 2 aromatic carbocycles. The third kappa shape index (κ3) is 3.06. The highest BCUT2D eigenvalue weighted by atomic mass is 15.3. The van der Waals surface area contributed by atoms with Crippen molar-refractivity contribution in [3.8, 4) is 17.3 Å². The Morgan fingerprint density at radius 1 is 1.00 bits per heavy atom. The summed E-state index contributed by atoms with van der Waals surface area (Å²) in [5.41, 5.74) is 4.71. The summed E-state index contributed by atoms with van der Waals surface area (Å²) in [6.45, 7) is 0.719. The molecule has 4 rings (SSSR count). The summed E-state index contributed by atoms with van der Waals surface area (Å²) in [5, 5.41) is 17.0. The molecule has 0 atom stereocenters. The zero-order chi connectivity index (χ0) is 17.1. The fourth-order valence-electron chi connectivity index (χ4n) is 2.72. The molecule has 4 aromatic rings. The van der Waals surface area contributed by atoms with Crippen LogP contribution < -0.4 is 10.3 Å². The van der Waals surface area contributed by atoms with Crippen LogP contribution in [0.1, 0.15) is 11.1 Å². The Labute approximate surface area is 145 Å². The zero-order valence-electron chi connectivity index (χ0n) is 13.5. The number of nitriles is 1. The molecule has 0 aliphatic carbocycles. The van der Waals surface area contributed by atoms with Crippen molar-refractivity contribution in [2.24, 2.45) is 0 Å². The molecule has 2 N–H and O–H groups in total. The van der Waals surface area contributed by atoms with E-state index in [1.165, 1.54) is 5.56 Å². The number of hydrogen-bond donors (Lipinski definition) is 1. The van der Waals surface area contributed by atoms with Crippen LogP contribution in [-0.2, 0) is 6.54 Å². The van der Waals surface area contributed by atoms with E-state index in [4.69, 9.17) is 5.26 Å². The van der Waals surface area contributed by atoms with Crippen LogP contribution in [0.15, 0.2) is 72.9 Å². The van der Waals surface area contributed by atoms with Crippen LogP contribution in [0.2, 0.25) is 0 Å². The first kappa shape index (κ1) is 14.9. The van der Waals surface area contributed by atoms with Gasteiger partial charge in [-0.15, -0.1) is 0 Å². The molecule has 0 saturated carbocycles. The maximum Gasteiger partial charge on any atom is 0.305 e. The Morgan fingerprint density at radius 2 is 1.80 bits per heavy atom. The van der Waals surface area contributed by atoms with Gasteiger partial charge in [-0.05, 0) is 35.9 Å². The van der Waals surface area contributed by atoms with Crippen LogP contribution in [0, 0.1) is 11.3 Å². The first-order valence-corrected chi connectivity index (χ1v) is 8.02. The molecule has 0 fully saturated rings. The highest BCUT2D eigenvalue weighted by Gasteiger charge is 2.15. The topological polar surface area (TPSA) is 67.3 Å². The molecule has 5 nitrogen and oxygen atoms in total. The van der Waals surface area contributed by atoms with Crippen LogP contribution in [-0.4, -0.2) is 9.61 Å². The van der Waals surface area contributed by atoms with Crippen molar-refractivity contribution in [1.29, 1.82) is 5.26 Å². The Hall–Kier alpha value is -3.65. The van der Waals surface area contributed by atoms with Crippen LogP contribution >= 0.6 is 0 Å². The van der Waals surface area contributed by atoms with Crippen LogP contribution in [0.5, 0.6) is 0 Å². The SMILES string of the molecule is N#Cc1ccc(-c2c[nH+]c3ccc(NCc4ccccc4)nn23)cc1. The molecule has 2 aromatic heterocycles. The van der Waals surface area contributed by atoms with Crippen molar-refractivity contribution in [2.75, 3.05) is 5.32 Å². The van der Waals surface area contributed by atoms with Gasteiger partial charge in [-0.3, -0.25) is 0 Å². The predicted octanol–water partition coefficient (Wildman–Crippen LogP) is 3.30. The molecule has 0 radical (unpaired) electrons. The number of nitrogens with one attached hydrogen (secondary N) is 2. The molecule has 0 amide bonds. The lowest BCUT2D eigenvalue weighted by molar-refractivity contribution is -0.343. The molecule has 5 heteroatoms. The fourth-order valence-corrected chi connectivity index (χ4v) is 2.72. The van der Waals surface area contributed by atoms with Gasteiger partial charge < -0.3 is 5.32 Å². The number of nitrogens with zero attached hydrogens (tertiary/aromatic N) is 3. The minimum atomic E-state index is 0.645. The third-order valence-electron chi connectivity index (χ3n) is 4.05. The molecule has 0 saturated heterocycles. The highest BCUT2D eigenvalue weighted by molar-refractivity contribution is 5.62. The average Bonchev–Trinajstić information content (AvgIpc) is 3.10. The van der Waals surface area contributed by atoms with Crippen molar-refractivity contribution >= 4 is 11.5 Å². The van der Waals surface area contributed by atoms with E-state index in [2.05, 4.69) is 33.6 Å². The van der Waals surface area contributed by atoms with Gasteiger partial charge in [-0.25, -0.2) is 4.98 Å². The molecule has 120 valence electrons. The van der Waals surface area contributed by atoms with Gasteiger partial charge >= 0.3 is 5.65 Å². The first-order chi connectivity index (χ1) is 12.3. The molecule has 0 unspecified atom stereocenters. The normalized spacial score (nSPS) is 10.5. The Balaban J connectivity index is 1.64. The molecular formula is C20H16N5+. The largest absolute Gasteiger partial charge is 0.363 e. The Kier molecular flexibility index (Phi) is 3.85. The number of H-pyrrole nitrogens is 1. The van der Waals surface area contributed by atoms with E-state index < -0.39 is 0 Å². The van der Waals surface area contributed by atoms with Crippen LogP contribution in [0.3, 0.4) is 0 Å². The summed E-state index contributed by atoms with van der Waals surface area (Å²) < 4.78 is 1.87. The monoisotopic (exact) mass is 326 g/mol. The number of hydrogen-bond acceptors (Lipinski definition) is 3. The second-order valence-corrected chi connectivity index (χ2v) is 5.72. The van der Waals surface area contributed by atoms with Gasteiger partial charge in [0, 0.05) is 18.2 Å². The van der Waals surface area contributed by atoms with Crippen molar-refractivity contribution in [1.82, 2.24) is 9.61 Å². The maximum absolute atomic E-state index is 8.94. The highest BCUT2D eigenvalue weighted by Crippen LogP contribution is 2.20. The summed E-state index contributed by atoms with van der Waals surface area (Å²) in [6, 6.07) is 23.8. The molecule has 0 spiro atoms. The number of imidazole rings is 1. The van der Waals surface area contributed by atoms with Crippen LogP contribution in [0.4, 0.5) is 5.82 Å². The summed E-state index contributed by atoms with van der Waals surface area (Å²) >= 11 is 0. The van der Waals surface area contributed by atoms with E-state index in [1.807, 2.05) is 65.3 Å². The molecule has 0 aliphatic rings. The summed E-state index contributed by atoms with van der Waals surface area (Å²) in [7, 11) is 0. The van der Waals surface area contributed by atoms with Crippen molar-refractivity contribution < 1.29 is 4.98 Å². The number of fused-ring (bicyclic) bond motifs is 1. The number of aromatic nitrogens is 3. The fraction of sp³-hybridized carbons (Fsp3) is 0.0500. The predicted molar refractivity (Wildman–Crippen MR) is 95.7 cm³/mol. The smallest absolute Gasteiger partial charge is 0.305 e. The number of aromatic amines is 1. The number of rotatable bonds is 4. The maximum atomic E-state index is 8.94. The van der Waals surface area contributed by atoms with E-state index in [-0.39, 0.29) is 0 Å². The van der Waals surface area contributed by atoms with Gasteiger partial charge in [0.25, 0.3) is 0 Å². The molecule has 2 heterocycles. The third-order valence-corrected chi connectivity index (χ3v) is 4.05. The summed E-state index contributed by atoms with van der Waals surface area (Å²) in [6.07, 6.45) is 1.92. The van der Waals surface area contributed by atoms with Gasteiger partial charge in [0.1, 0.15) is 6.20 Å². The second kappa shape index (κ2) is 6.46. The number of anilines is 1. The van der Waals surface area contributed by atoms with Gasteiger partial charge in [0.15, 0.2) is 5.82 Å². The van der Waals surface area contributed by atoms with Crippen molar-refractivity contribution in [2.45, 2.75) is 6.54 Å². The quantitative estimate of drug-likeness (QED) is 0.626. The summed E-state index contributed by atoms with van der Waals surface area (Å²) in [4.78, 5) is 3.22. The minimum Gasteiger partial charge on any atom is -0.363 e. The zero-order valence-corrected chi connectivity index (χ0v) is 13.5. The van der Waals surface area contributed by atoms with Crippen LogP contribution in [0.25, 0.3) is 16.9 Å².